The second kappa shape index (κ2) is 7.05. The number of carbonyl (C=O) groups is 1. The van der Waals surface area contributed by atoms with Crippen LogP contribution in [0.2, 0.25) is 5.02 Å². The molecule has 1 amide bonds. The lowest BCUT2D eigenvalue weighted by molar-refractivity contribution is -0.116. The molecule has 0 bridgehead atoms. The molecule has 96 valence electrons. The average molecular weight is 266 g/mol. The van der Waals surface area contributed by atoms with Crippen LogP contribution in [-0.2, 0) is 4.79 Å². The van der Waals surface area contributed by atoms with Crippen molar-refractivity contribution in [3.05, 3.63) is 28.8 Å². The number of nitrogens with one attached hydrogen (secondary N) is 1. The smallest absolute Gasteiger partial charge is 0.224 e. The predicted molar refractivity (Wildman–Crippen MR) is 73.5 cm³/mol. The molecular formula is C14H16ClNO2. The molecule has 0 saturated heterocycles. The molecule has 0 unspecified atom stereocenters. The number of aliphatic hydroxyl groups excluding tert-OH is 1. The monoisotopic (exact) mass is 265 g/mol. The third-order valence-corrected chi connectivity index (χ3v) is 2.48. The minimum atomic E-state index is -0.197. The molecule has 4 heteroatoms. The number of carbonyl (C=O) groups excluding carboxylic acids is 1. The number of amides is 1. The van der Waals surface area contributed by atoms with E-state index in [2.05, 4.69) is 17.2 Å². The van der Waals surface area contributed by atoms with Crippen LogP contribution in [0.15, 0.2) is 18.2 Å². The van der Waals surface area contributed by atoms with E-state index in [1.165, 1.54) is 0 Å². The summed E-state index contributed by atoms with van der Waals surface area (Å²) in [6, 6.07) is 5.11. The Morgan fingerprint density at radius 1 is 1.50 bits per heavy atom. The maximum atomic E-state index is 11.7. The van der Waals surface area contributed by atoms with Crippen LogP contribution in [-0.4, -0.2) is 17.6 Å². The Morgan fingerprint density at radius 3 is 2.83 bits per heavy atom. The summed E-state index contributed by atoms with van der Waals surface area (Å²) in [5.74, 6) is 5.54. The summed E-state index contributed by atoms with van der Waals surface area (Å²) in [6.45, 7) is 3.76. The van der Waals surface area contributed by atoms with Crippen molar-refractivity contribution >= 4 is 23.2 Å². The minimum Gasteiger partial charge on any atom is -0.384 e. The Morgan fingerprint density at radius 2 is 2.22 bits per heavy atom. The summed E-state index contributed by atoms with van der Waals surface area (Å²) in [5.41, 5.74) is 1.25. The van der Waals surface area contributed by atoms with Gasteiger partial charge < -0.3 is 10.4 Å². The van der Waals surface area contributed by atoms with Crippen molar-refractivity contribution in [1.82, 2.24) is 0 Å². The Hall–Kier alpha value is -1.50. The molecule has 1 aromatic rings. The van der Waals surface area contributed by atoms with Gasteiger partial charge in [-0.05, 0) is 24.1 Å². The number of rotatable bonds is 3. The highest BCUT2D eigenvalue weighted by atomic mass is 35.5. The van der Waals surface area contributed by atoms with Crippen LogP contribution in [0.5, 0.6) is 0 Å². The summed E-state index contributed by atoms with van der Waals surface area (Å²) in [7, 11) is 0. The summed E-state index contributed by atoms with van der Waals surface area (Å²) < 4.78 is 0. The first-order chi connectivity index (χ1) is 8.52. The number of hydrogen-bond acceptors (Lipinski definition) is 2. The Kier molecular flexibility index (Phi) is 5.70. The first-order valence-corrected chi connectivity index (χ1v) is 6.10. The van der Waals surface area contributed by atoms with Gasteiger partial charge in [-0.3, -0.25) is 4.79 Å². The number of benzene rings is 1. The quantitative estimate of drug-likeness (QED) is 0.826. The van der Waals surface area contributed by atoms with Gasteiger partial charge in [-0.25, -0.2) is 0 Å². The molecule has 2 N–H and O–H groups in total. The standard InChI is InChI=1S/C14H16ClNO2/c1-10(2)8-14(18)16-13-9-11(4-3-7-17)5-6-12(13)15/h5-6,9-10,17H,7-8H2,1-2H3,(H,16,18). The lowest BCUT2D eigenvalue weighted by Gasteiger charge is -2.09. The van der Waals surface area contributed by atoms with Crippen molar-refractivity contribution in [3.63, 3.8) is 0 Å². The lowest BCUT2D eigenvalue weighted by Crippen LogP contribution is -2.14. The highest BCUT2D eigenvalue weighted by molar-refractivity contribution is 6.33. The lowest BCUT2D eigenvalue weighted by atomic mass is 10.1. The molecule has 18 heavy (non-hydrogen) atoms. The van der Waals surface area contributed by atoms with Gasteiger partial charge in [0.1, 0.15) is 6.61 Å². The van der Waals surface area contributed by atoms with Crippen LogP contribution in [0.3, 0.4) is 0 Å². The maximum Gasteiger partial charge on any atom is 0.224 e. The second-order valence-electron chi connectivity index (χ2n) is 4.30. The van der Waals surface area contributed by atoms with Crippen molar-refractivity contribution in [2.45, 2.75) is 20.3 Å². The van der Waals surface area contributed by atoms with Crippen molar-refractivity contribution < 1.29 is 9.90 Å². The van der Waals surface area contributed by atoms with Gasteiger partial charge in [-0.2, -0.15) is 0 Å². The SMILES string of the molecule is CC(C)CC(=O)Nc1cc(C#CCO)ccc1Cl. The van der Waals surface area contributed by atoms with Crippen molar-refractivity contribution in [2.75, 3.05) is 11.9 Å². The molecule has 0 radical (unpaired) electrons. The van der Waals surface area contributed by atoms with E-state index in [-0.39, 0.29) is 12.5 Å². The van der Waals surface area contributed by atoms with Gasteiger partial charge in [-0.1, -0.05) is 37.3 Å². The van der Waals surface area contributed by atoms with E-state index in [1.54, 1.807) is 18.2 Å². The summed E-state index contributed by atoms with van der Waals surface area (Å²) in [5, 5.41) is 11.9. The highest BCUT2D eigenvalue weighted by Gasteiger charge is 2.08. The predicted octanol–water partition coefficient (Wildman–Crippen LogP) is 2.67. The number of aliphatic hydroxyl groups is 1. The van der Waals surface area contributed by atoms with Crippen LogP contribution < -0.4 is 5.32 Å². The van der Waals surface area contributed by atoms with Crippen LogP contribution >= 0.6 is 11.6 Å². The van der Waals surface area contributed by atoms with Gasteiger partial charge in [0.05, 0.1) is 10.7 Å². The average Bonchev–Trinajstić information content (AvgIpc) is 2.29. The topological polar surface area (TPSA) is 49.3 Å². The molecule has 1 rings (SSSR count). The molecule has 3 nitrogen and oxygen atoms in total. The largest absolute Gasteiger partial charge is 0.384 e. The molecule has 0 aliphatic carbocycles. The van der Waals surface area contributed by atoms with Crippen molar-refractivity contribution in [3.8, 4) is 11.8 Å². The van der Waals surface area contributed by atoms with Crippen LogP contribution in [0, 0.1) is 17.8 Å². The fraction of sp³-hybridized carbons (Fsp3) is 0.357. The van der Waals surface area contributed by atoms with Crippen molar-refractivity contribution in [2.24, 2.45) is 5.92 Å². The minimum absolute atomic E-state index is 0.0702. The molecule has 0 aliphatic heterocycles. The maximum absolute atomic E-state index is 11.7. The molecule has 0 fully saturated rings. The van der Waals surface area contributed by atoms with Gasteiger partial charge in [-0.15, -0.1) is 0 Å². The van der Waals surface area contributed by atoms with E-state index in [4.69, 9.17) is 16.7 Å². The Balaban J connectivity index is 2.84. The molecule has 0 aliphatic rings. The van der Waals surface area contributed by atoms with Gasteiger partial charge in [0.2, 0.25) is 5.91 Å². The Bertz CT molecular complexity index is 486. The normalized spacial score (nSPS) is 9.83. The van der Waals surface area contributed by atoms with E-state index < -0.39 is 0 Å². The molecule has 0 atom stereocenters. The molecule has 0 aromatic heterocycles. The summed E-state index contributed by atoms with van der Waals surface area (Å²) >= 11 is 6.00. The van der Waals surface area contributed by atoms with Gasteiger partial charge in [0.15, 0.2) is 0 Å². The van der Waals surface area contributed by atoms with Gasteiger partial charge in [0.25, 0.3) is 0 Å². The summed E-state index contributed by atoms with van der Waals surface area (Å²) in [4.78, 5) is 11.7. The number of halogens is 1. The zero-order valence-corrected chi connectivity index (χ0v) is 11.2. The Labute approximate surface area is 112 Å². The van der Waals surface area contributed by atoms with Crippen LogP contribution in [0.1, 0.15) is 25.8 Å². The molecular weight excluding hydrogens is 250 g/mol. The molecule has 0 saturated carbocycles. The molecule has 0 spiro atoms. The number of hydrogen-bond donors (Lipinski definition) is 2. The first-order valence-electron chi connectivity index (χ1n) is 5.72. The first kappa shape index (κ1) is 14.6. The van der Waals surface area contributed by atoms with Gasteiger partial charge >= 0.3 is 0 Å². The van der Waals surface area contributed by atoms with Crippen LogP contribution in [0.4, 0.5) is 5.69 Å². The zero-order chi connectivity index (χ0) is 13.5. The fourth-order valence-electron chi connectivity index (χ4n) is 1.41. The third kappa shape index (κ3) is 4.79. The van der Waals surface area contributed by atoms with E-state index in [0.29, 0.717) is 28.6 Å². The summed E-state index contributed by atoms with van der Waals surface area (Å²) in [6.07, 6.45) is 0.447. The molecule has 0 heterocycles. The zero-order valence-electron chi connectivity index (χ0n) is 10.5. The van der Waals surface area contributed by atoms with E-state index in [1.807, 2.05) is 13.8 Å². The highest BCUT2D eigenvalue weighted by Crippen LogP contribution is 2.23. The van der Waals surface area contributed by atoms with E-state index in [0.717, 1.165) is 0 Å². The molecule has 1 aromatic carbocycles. The number of anilines is 1. The van der Waals surface area contributed by atoms with Crippen LogP contribution in [0.25, 0.3) is 0 Å². The van der Waals surface area contributed by atoms with E-state index >= 15 is 0 Å². The van der Waals surface area contributed by atoms with Crippen molar-refractivity contribution in [1.29, 1.82) is 0 Å². The fourth-order valence-corrected chi connectivity index (χ4v) is 1.58. The van der Waals surface area contributed by atoms with Gasteiger partial charge in [0, 0.05) is 12.0 Å². The third-order valence-electron chi connectivity index (χ3n) is 2.15. The van der Waals surface area contributed by atoms with E-state index in [9.17, 15) is 4.79 Å². The second-order valence-corrected chi connectivity index (χ2v) is 4.71.